The Hall–Kier alpha value is -0.590. The lowest BCUT2D eigenvalue weighted by molar-refractivity contribution is -0.118. The van der Waals surface area contributed by atoms with Crippen molar-refractivity contribution < 1.29 is 4.79 Å². The zero-order chi connectivity index (χ0) is 14.6. The molecule has 116 valence electrons. The summed E-state index contributed by atoms with van der Waals surface area (Å²) < 4.78 is 0. The molecule has 0 aromatic carbocycles. The summed E-state index contributed by atoms with van der Waals surface area (Å²) >= 11 is 0. The highest BCUT2D eigenvalue weighted by atomic mass is 16.1. The van der Waals surface area contributed by atoms with E-state index in [0.29, 0.717) is 17.1 Å². The first-order valence-electron chi connectivity index (χ1n) is 9.34. The zero-order valence-corrected chi connectivity index (χ0v) is 13.7. The molecule has 0 aromatic rings. The lowest BCUT2D eigenvalue weighted by atomic mass is 9.50. The molecule has 7 atom stereocenters. The van der Waals surface area contributed by atoms with Gasteiger partial charge in [-0.25, -0.2) is 0 Å². The molecule has 3 fully saturated rings. The molecule has 4 rings (SSSR count). The Morgan fingerprint density at radius 1 is 1.14 bits per heavy atom. The summed E-state index contributed by atoms with van der Waals surface area (Å²) in [5, 5.41) is 0. The van der Waals surface area contributed by atoms with Crippen LogP contribution in [0.1, 0.15) is 65.2 Å². The highest BCUT2D eigenvalue weighted by molar-refractivity contribution is 5.90. The van der Waals surface area contributed by atoms with Crippen LogP contribution in [0.3, 0.4) is 0 Å². The van der Waals surface area contributed by atoms with Crippen LogP contribution in [0, 0.1) is 40.9 Å². The Kier molecular flexibility index (Phi) is 3.32. The number of carbonyl (C=O) groups excluding carboxylic acids is 1. The minimum Gasteiger partial charge on any atom is -0.295 e. The van der Waals surface area contributed by atoms with E-state index in [1.54, 1.807) is 0 Å². The number of hydrogen-bond acceptors (Lipinski definition) is 1. The van der Waals surface area contributed by atoms with E-state index in [4.69, 9.17) is 0 Å². The Labute approximate surface area is 129 Å². The van der Waals surface area contributed by atoms with Crippen molar-refractivity contribution >= 4 is 5.78 Å². The average molecular weight is 286 g/mol. The van der Waals surface area contributed by atoms with Crippen LogP contribution >= 0.6 is 0 Å². The van der Waals surface area contributed by atoms with Crippen molar-refractivity contribution in [3.8, 4) is 0 Å². The van der Waals surface area contributed by atoms with Gasteiger partial charge in [-0.1, -0.05) is 26.3 Å². The molecule has 3 saturated carbocycles. The maximum absolute atomic E-state index is 11.7. The quantitative estimate of drug-likeness (QED) is 0.662. The van der Waals surface area contributed by atoms with Crippen LogP contribution in [0.2, 0.25) is 0 Å². The fourth-order valence-corrected chi connectivity index (χ4v) is 7.02. The fraction of sp³-hybridized carbons (Fsp3) is 0.850. The van der Waals surface area contributed by atoms with Gasteiger partial charge in [0.25, 0.3) is 0 Å². The summed E-state index contributed by atoms with van der Waals surface area (Å²) in [5.41, 5.74) is 0.636. The van der Waals surface area contributed by atoms with Gasteiger partial charge in [-0.15, -0.1) is 0 Å². The summed E-state index contributed by atoms with van der Waals surface area (Å²) in [4.78, 5) is 11.7. The SMILES string of the molecule is CC[C@H]1CC[C@H]2[C@@H]3CC[C@@H]4CC(=O)C=C[C@@H]4[C@H]3CC[C@]12C. The lowest BCUT2D eigenvalue weighted by Gasteiger charge is -2.54. The van der Waals surface area contributed by atoms with E-state index < -0.39 is 0 Å². The van der Waals surface area contributed by atoms with Gasteiger partial charge >= 0.3 is 0 Å². The summed E-state index contributed by atoms with van der Waals surface area (Å²) in [6, 6.07) is 0. The second-order valence-corrected chi connectivity index (χ2v) is 8.61. The van der Waals surface area contributed by atoms with Gasteiger partial charge in [0.2, 0.25) is 0 Å². The van der Waals surface area contributed by atoms with Gasteiger partial charge in [0.1, 0.15) is 0 Å². The van der Waals surface area contributed by atoms with Crippen LogP contribution in [0.25, 0.3) is 0 Å². The molecule has 0 N–H and O–H groups in total. The van der Waals surface area contributed by atoms with Gasteiger partial charge in [-0.05, 0) is 85.5 Å². The largest absolute Gasteiger partial charge is 0.295 e. The van der Waals surface area contributed by atoms with Crippen LogP contribution in [0.15, 0.2) is 12.2 Å². The first-order chi connectivity index (χ1) is 10.1. The van der Waals surface area contributed by atoms with Crippen LogP contribution < -0.4 is 0 Å². The summed E-state index contributed by atoms with van der Waals surface area (Å²) in [5.74, 6) is 5.59. The van der Waals surface area contributed by atoms with Crippen molar-refractivity contribution in [1.29, 1.82) is 0 Å². The topological polar surface area (TPSA) is 17.1 Å². The van der Waals surface area contributed by atoms with Crippen molar-refractivity contribution in [3.05, 3.63) is 12.2 Å². The number of fused-ring (bicyclic) bond motifs is 5. The summed E-state index contributed by atoms with van der Waals surface area (Å²) in [7, 11) is 0. The van der Waals surface area contributed by atoms with Crippen LogP contribution in [-0.4, -0.2) is 5.78 Å². The third kappa shape index (κ3) is 1.99. The first kappa shape index (κ1) is 14.0. The molecule has 0 saturated heterocycles. The third-order valence-corrected chi connectivity index (χ3v) is 8.06. The standard InChI is InChI=1S/C20H30O/c1-3-14-5-9-19-18-7-4-13-12-15(21)6-8-16(13)17(18)10-11-20(14,19)2/h6,8,13-14,16-19H,3-5,7,9-12H2,1-2H3/t13-,14+,16+,17-,18-,19+,20-/m1/s1. The van der Waals surface area contributed by atoms with E-state index in [-0.39, 0.29) is 0 Å². The Bertz CT molecular complexity index is 464. The zero-order valence-electron chi connectivity index (χ0n) is 13.7. The molecule has 1 heteroatoms. The molecule has 0 amide bonds. The van der Waals surface area contributed by atoms with Crippen molar-refractivity contribution in [2.75, 3.05) is 0 Å². The molecule has 0 aliphatic heterocycles. The average Bonchev–Trinajstić information content (AvgIpc) is 2.83. The first-order valence-corrected chi connectivity index (χ1v) is 9.34. The van der Waals surface area contributed by atoms with Crippen LogP contribution in [0.4, 0.5) is 0 Å². The number of allylic oxidation sites excluding steroid dienone is 2. The molecular weight excluding hydrogens is 256 g/mol. The molecule has 0 bridgehead atoms. The second-order valence-electron chi connectivity index (χ2n) is 8.61. The molecule has 0 unspecified atom stereocenters. The Balaban J connectivity index is 1.60. The maximum atomic E-state index is 11.7. The molecule has 0 aromatic heterocycles. The van der Waals surface area contributed by atoms with Crippen molar-refractivity contribution in [2.45, 2.75) is 65.2 Å². The molecule has 0 radical (unpaired) electrons. The van der Waals surface area contributed by atoms with E-state index in [0.717, 1.165) is 36.0 Å². The van der Waals surface area contributed by atoms with Gasteiger partial charge < -0.3 is 0 Å². The minimum atomic E-state index is 0.377. The van der Waals surface area contributed by atoms with E-state index in [9.17, 15) is 4.79 Å². The molecule has 0 heterocycles. The minimum absolute atomic E-state index is 0.377. The van der Waals surface area contributed by atoms with Crippen molar-refractivity contribution in [1.82, 2.24) is 0 Å². The van der Waals surface area contributed by atoms with E-state index in [1.807, 2.05) is 6.08 Å². The van der Waals surface area contributed by atoms with Crippen molar-refractivity contribution in [3.63, 3.8) is 0 Å². The predicted octanol–water partition coefficient (Wildman–Crippen LogP) is 5.01. The summed E-state index contributed by atoms with van der Waals surface area (Å²) in [6.45, 7) is 5.01. The highest BCUT2D eigenvalue weighted by Crippen LogP contribution is 2.64. The molecular formula is C20H30O. The van der Waals surface area contributed by atoms with E-state index in [1.165, 1.54) is 44.9 Å². The monoisotopic (exact) mass is 286 g/mol. The van der Waals surface area contributed by atoms with Gasteiger partial charge in [-0.2, -0.15) is 0 Å². The molecule has 4 aliphatic carbocycles. The number of carbonyl (C=O) groups is 1. The number of hydrogen-bond donors (Lipinski definition) is 0. The fourth-order valence-electron chi connectivity index (χ4n) is 7.02. The molecule has 0 spiro atoms. The lowest BCUT2D eigenvalue weighted by Crippen LogP contribution is -2.47. The van der Waals surface area contributed by atoms with Gasteiger partial charge in [0.15, 0.2) is 5.78 Å². The van der Waals surface area contributed by atoms with E-state index in [2.05, 4.69) is 19.9 Å². The van der Waals surface area contributed by atoms with Crippen LogP contribution in [-0.2, 0) is 4.79 Å². The smallest absolute Gasteiger partial charge is 0.155 e. The van der Waals surface area contributed by atoms with Crippen LogP contribution in [0.5, 0.6) is 0 Å². The Morgan fingerprint density at radius 2 is 2.00 bits per heavy atom. The highest BCUT2D eigenvalue weighted by Gasteiger charge is 2.55. The predicted molar refractivity (Wildman–Crippen MR) is 85.8 cm³/mol. The molecule has 4 aliphatic rings. The Morgan fingerprint density at radius 3 is 2.81 bits per heavy atom. The normalized spacial score (nSPS) is 52.2. The molecule has 21 heavy (non-hydrogen) atoms. The van der Waals surface area contributed by atoms with Gasteiger partial charge in [0, 0.05) is 6.42 Å². The molecule has 1 nitrogen and oxygen atoms in total. The summed E-state index contributed by atoms with van der Waals surface area (Å²) in [6.07, 6.45) is 15.0. The number of rotatable bonds is 1. The van der Waals surface area contributed by atoms with Gasteiger partial charge in [0.05, 0.1) is 0 Å². The maximum Gasteiger partial charge on any atom is 0.155 e. The number of ketones is 1. The van der Waals surface area contributed by atoms with Gasteiger partial charge in [-0.3, -0.25) is 4.79 Å². The van der Waals surface area contributed by atoms with E-state index >= 15 is 0 Å². The second kappa shape index (κ2) is 4.96. The van der Waals surface area contributed by atoms with Crippen molar-refractivity contribution in [2.24, 2.45) is 40.9 Å². The third-order valence-electron chi connectivity index (χ3n) is 8.06.